The number of carbonyl (C=O) groups is 3. The molecule has 0 aliphatic heterocycles. The molecular weight excluding hydrogens is 398 g/mol. The van der Waals surface area contributed by atoms with Gasteiger partial charge < -0.3 is 4.74 Å². The van der Waals surface area contributed by atoms with Gasteiger partial charge in [-0.3, -0.25) is 19.7 Å². The number of nitro groups is 1. The van der Waals surface area contributed by atoms with Gasteiger partial charge in [-0.05, 0) is 37.1 Å². The zero-order valence-corrected chi connectivity index (χ0v) is 16.8. The van der Waals surface area contributed by atoms with E-state index in [9.17, 15) is 24.5 Å². The highest BCUT2D eigenvalue weighted by Crippen LogP contribution is 2.35. The summed E-state index contributed by atoms with van der Waals surface area (Å²) in [6.07, 6.45) is 0. The van der Waals surface area contributed by atoms with Crippen molar-refractivity contribution in [3.05, 3.63) is 109 Å². The first-order valence-corrected chi connectivity index (χ1v) is 9.52. The molecule has 0 fully saturated rings. The van der Waals surface area contributed by atoms with Crippen LogP contribution in [0.15, 0.2) is 54.6 Å². The molecule has 3 aromatic carbocycles. The second-order valence-corrected chi connectivity index (χ2v) is 7.35. The molecule has 7 heteroatoms. The van der Waals surface area contributed by atoms with Crippen molar-refractivity contribution < 1.29 is 24.0 Å². The molecule has 0 saturated carbocycles. The van der Waals surface area contributed by atoms with Crippen LogP contribution in [0, 0.1) is 24.0 Å². The van der Waals surface area contributed by atoms with Crippen LogP contribution in [-0.4, -0.2) is 22.5 Å². The summed E-state index contributed by atoms with van der Waals surface area (Å²) < 4.78 is 5.32. The van der Waals surface area contributed by atoms with Gasteiger partial charge in [0.25, 0.3) is 5.69 Å². The highest BCUT2D eigenvalue weighted by atomic mass is 16.6. The third kappa shape index (κ3) is 3.40. The summed E-state index contributed by atoms with van der Waals surface area (Å²) in [7, 11) is 0. The van der Waals surface area contributed by atoms with Gasteiger partial charge in [-0.1, -0.05) is 48.0 Å². The van der Waals surface area contributed by atoms with Gasteiger partial charge in [0.1, 0.15) is 17.7 Å². The Morgan fingerprint density at radius 3 is 2.29 bits per heavy atom. The van der Waals surface area contributed by atoms with Crippen molar-refractivity contribution in [2.75, 3.05) is 0 Å². The van der Waals surface area contributed by atoms with E-state index in [0.717, 1.165) is 16.7 Å². The second kappa shape index (κ2) is 7.60. The van der Waals surface area contributed by atoms with E-state index in [1.807, 2.05) is 32.0 Å². The number of benzene rings is 3. The van der Waals surface area contributed by atoms with Crippen LogP contribution in [0.5, 0.6) is 0 Å². The lowest BCUT2D eigenvalue weighted by Crippen LogP contribution is -2.23. The molecule has 3 aromatic rings. The van der Waals surface area contributed by atoms with E-state index in [1.54, 1.807) is 12.1 Å². The molecule has 0 saturated heterocycles. The van der Waals surface area contributed by atoms with Crippen LogP contribution in [0.3, 0.4) is 0 Å². The van der Waals surface area contributed by atoms with E-state index < -0.39 is 28.1 Å². The Morgan fingerprint density at radius 2 is 1.61 bits per heavy atom. The number of nitro benzene ring substituents is 1. The molecular formula is C24H17NO6. The lowest BCUT2D eigenvalue weighted by atomic mass is 9.82. The lowest BCUT2D eigenvalue weighted by Gasteiger charge is -2.18. The van der Waals surface area contributed by atoms with Gasteiger partial charge in [0, 0.05) is 16.7 Å². The molecule has 1 aliphatic rings. The van der Waals surface area contributed by atoms with Crippen molar-refractivity contribution in [2.24, 2.45) is 0 Å². The fourth-order valence-corrected chi connectivity index (χ4v) is 3.70. The normalized spacial score (nSPS) is 12.2. The van der Waals surface area contributed by atoms with Gasteiger partial charge in [-0.15, -0.1) is 0 Å². The van der Waals surface area contributed by atoms with E-state index in [4.69, 9.17) is 4.74 Å². The van der Waals surface area contributed by atoms with Gasteiger partial charge in [-0.2, -0.15) is 0 Å². The second-order valence-electron chi connectivity index (χ2n) is 7.35. The molecule has 7 nitrogen and oxygen atoms in total. The fraction of sp³-hybridized carbons (Fsp3) is 0.125. The first kappa shape index (κ1) is 20.2. The molecule has 0 N–H and O–H groups in total. The third-order valence-corrected chi connectivity index (χ3v) is 5.33. The molecule has 0 heterocycles. The minimum absolute atomic E-state index is 0.0731. The zero-order chi connectivity index (χ0) is 22.3. The Balaban J connectivity index is 1.75. The topological polar surface area (TPSA) is 104 Å². The summed E-state index contributed by atoms with van der Waals surface area (Å²) in [6.45, 7) is 3.70. The molecule has 4 rings (SSSR count). The van der Waals surface area contributed by atoms with Crippen molar-refractivity contribution >= 4 is 23.2 Å². The maximum atomic E-state index is 13.0. The maximum Gasteiger partial charge on any atom is 0.345 e. The minimum atomic E-state index is -0.936. The van der Waals surface area contributed by atoms with Crippen LogP contribution >= 0.6 is 0 Å². The number of aryl methyl sites for hydroxylation is 2. The summed E-state index contributed by atoms with van der Waals surface area (Å²) in [5, 5.41) is 11.9. The molecule has 31 heavy (non-hydrogen) atoms. The number of esters is 1. The zero-order valence-electron chi connectivity index (χ0n) is 16.8. The Bertz CT molecular complexity index is 1290. The SMILES string of the molecule is Cc1ccc(C)c(COC(=O)c2ccc3c(c2[N+](=O)[O-])C(=O)c2ccccc2C3=O)c1. The number of ketones is 2. The van der Waals surface area contributed by atoms with Crippen LogP contribution in [-0.2, 0) is 11.3 Å². The lowest BCUT2D eigenvalue weighted by molar-refractivity contribution is -0.385. The Morgan fingerprint density at radius 1 is 0.935 bits per heavy atom. The molecule has 1 aliphatic carbocycles. The summed E-state index contributed by atoms with van der Waals surface area (Å²) in [5.41, 5.74) is 1.37. The van der Waals surface area contributed by atoms with Gasteiger partial charge in [0.05, 0.1) is 4.92 Å². The number of hydrogen-bond acceptors (Lipinski definition) is 6. The molecule has 0 spiro atoms. The summed E-state index contributed by atoms with van der Waals surface area (Å²) in [4.78, 5) is 49.6. The summed E-state index contributed by atoms with van der Waals surface area (Å²) >= 11 is 0. The van der Waals surface area contributed by atoms with E-state index in [2.05, 4.69) is 0 Å². The Labute approximate surface area is 177 Å². The molecule has 0 amide bonds. The van der Waals surface area contributed by atoms with E-state index in [0.29, 0.717) is 0 Å². The van der Waals surface area contributed by atoms with Crippen molar-refractivity contribution in [3.63, 3.8) is 0 Å². The molecule has 154 valence electrons. The van der Waals surface area contributed by atoms with E-state index in [1.165, 1.54) is 24.3 Å². The number of nitrogens with zero attached hydrogens (tertiary/aromatic N) is 1. The fourth-order valence-electron chi connectivity index (χ4n) is 3.70. The van der Waals surface area contributed by atoms with Gasteiger partial charge >= 0.3 is 5.97 Å². The number of hydrogen-bond donors (Lipinski definition) is 0. The predicted molar refractivity (Wildman–Crippen MR) is 111 cm³/mol. The van der Waals surface area contributed by atoms with Crippen LogP contribution in [0.2, 0.25) is 0 Å². The summed E-state index contributed by atoms with van der Waals surface area (Å²) in [6, 6.07) is 14.2. The van der Waals surface area contributed by atoms with Crippen molar-refractivity contribution in [3.8, 4) is 0 Å². The standard InChI is InChI=1S/C24H17NO6/c1-13-7-8-14(2)15(11-13)12-31-24(28)19-10-9-18-20(21(19)25(29)30)23(27)17-6-4-3-5-16(17)22(18)26/h3-11H,12H2,1-2H3. The van der Waals surface area contributed by atoms with Crippen molar-refractivity contribution in [1.29, 1.82) is 0 Å². The monoisotopic (exact) mass is 415 g/mol. The van der Waals surface area contributed by atoms with Crippen LogP contribution in [0.1, 0.15) is 58.9 Å². The quantitative estimate of drug-likeness (QED) is 0.279. The maximum absolute atomic E-state index is 13.0. The summed E-state index contributed by atoms with van der Waals surface area (Å²) in [5.74, 6) is -2.10. The van der Waals surface area contributed by atoms with Gasteiger partial charge in [0.2, 0.25) is 5.78 Å². The number of carbonyl (C=O) groups excluding carboxylic acids is 3. The number of ether oxygens (including phenoxy) is 1. The third-order valence-electron chi connectivity index (χ3n) is 5.33. The molecule has 0 atom stereocenters. The number of fused-ring (bicyclic) bond motifs is 2. The van der Waals surface area contributed by atoms with Crippen molar-refractivity contribution in [1.82, 2.24) is 0 Å². The van der Waals surface area contributed by atoms with Gasteiger partial charge in [0.15, 0.2) is 5.78 Å². The highest BCUT2D eigenvalue weighted by molar-refractivity contribution is 6.30. The van der Waals surface area contributed by atoms with E-state index in [-0.39, 0.29) is 34.4 Å². The average Bonchev–Trinajstić information content (AvgIpc) is 2.76. The largest absolute Gasteiger partial charge is 0.457 e. The molecule has 0 radical (unpaired) electrons. The van der Waals surface area contributed by atoms with Crippen molar-refractivity contribution in [2.45, 2.75) is 20.5 Å². The minimum Gasteiger partial charge on any atom is -0.457 e. The Hall–Kier alpha value is -4.13. The van der Waals surface area contributed by atoms with Crippen LogP contribution in [0.4, 0.5) is 5.69 Å². The molecule has 0 aromatic heterocycles. The Kier molecular flexibility index (Phi) is 4.94. The van der Waals surface area contributed by atoms with Gasteiger partial charge in [-0.25, -0.2) is 4.79 Å². The number of rotatable bonds is 4. The molecule has 0 unspecified atom stereocenters. The average molecular weight is 415 g/mol. The highest BCUT2D eigenvalue weighted by Gasteiger charge is 2.38. The van der Waals surface area contributed by atoms with E-state index >= 15 is 0 Å². The van der Waals surface area contributed by atoms with Crippen LogP contribution < -0.4 is 0 Å². The smallest absolute Gasteiger partial charge is 0.345 e. The first-order valence-electron chi connectivity index (χ1n) is 9.52. The van der Waals surface area contributed by atoms with Crippen LogP contribution in [0.25, 0.3) is 0 Å². The predicted octanol–water partition coefficient (Wildman–Crippen LogP) is 4.34. The first-order chi connectivity index (χ1) is 14.8. The molecule has 0 bridgehead atoms.